The predicted molar refractivity (Wildman–Crippen MR) is 70.8 cm³/mol. The lowest BCUT2D eigenvalue weighted by Gasteiger charge is -2.10. The largest absolute Gasteiger partial charge is 0.383 e. The molecule has 0 aliphatic carbocycles. The van der Waals surface area contributed by atoms with E-state index >= 15 is 0 Å². The van der Waals surface area contributed by atoms with Gasteiger partial charge in [-0.05, 0) is 35.9 Å². The molecule has 3 rings (SSSR count). The highest BCUT2D eigenvalue weighted by molar-refractivity contribution is 7.20. The van der Waals surface area contributed by atoms with E-state index < -0.39 is 0 Å². The van der Waals surface area contributed by atoms with Crippen LogP contribution in [-0.4, -0.2) is 12.4 Å². The number of nitrogen functional groups attached to an aromatic ring is 1. The summed E-state index contributed by atoms with van der Waals surface area (Å²) in [5.41, 5.74) is 6.78. The van der Waals surface area contributed by atoms with Crippen molar-refractivity contribution in [3.63, 3.8) is 0 Å². The molecule has 0 radical (unpaired) electrons. The molecule has 3 N–H and O–H groups in total. The van der Waals surface area contributed by atoms with Gasteiger partial charge in [0.15, 0.2) is 0 Å². The van der Waals surface area contributed by atoms with Crippen LogP contribution in [0.3, 0.4) is 0 Å². The van der Waals surface area contributed by atoms with Crippen LogP contribution in [0.4, 0.5) is 0 Å². The third-order valence-electron chi connectivity index (χ3n) is 3.14. The lowest BCUT2D eigenvalue weighted by atomic mass is 10.0. The first kappa shape index (κ1) is 10.7. The van der Waals surface area contributed by atoms with E-state index in [9.17, 15) is 0 Å². The topological polar surface area (TPSA) is 59.1 Å². The molecule has 0 saturated carbocycles. The molecule has 2 heterocycles. The summed E-state index contributed by atoms with van der Waals surface area (Å²) in [5.74, 6) is 0.143. The molecule has 2 aromatic rings. The van der Waals surface area contributed by atoms with Crippen LogP contribution < -0.4 is 5.73 Å². The monoisotopic (exact) mass is 246 g/mol. The molecular formula is C13H14N2OS. The highest BCUT2D eigenvalue weighted by atomic mass is 32.1. The van der Waals surface area contributed by atoms with E-state index in [0.717, 1.165) is 24.3 Å². The van der Waals surface area contributed by atoms with Crippen molar-refractivity contribution >= 4 is 27.3 Å². The fourth-order valence-electron chi connectivity index (χ4n) is 2.32. The molecule has 1 aliphatic rings. The lowest BCUT2D eigenvalue weighted by Crippen LogP contribution is -2.08. The average Bonchev–Trinajstić information content (AvgIpc) is 2.97. The van der Waals surface area contributed by atoms with E-state index in [2.05, 4.69) is 18.2 Å². The molecular weight excluding hydrogens is 232 g/mol. The normalized spacial score (nSPS) is 19.9. The van der Waals surface area contributed by atoms with Crippen molar-refractivity contribution in [1.29, 1.82) is 5.41 Å². The van der Waals surface area contributed by atoms with Gasteiger partial charge in [-0.3, -0.25) is 5.41 Å². The fourth-order valence-corrected chi connectivity index (χ4v) is 3.28. The number of fused-ring (bicyclic) bond motifs is 1. The quantitative estimate of drug-likeness (QED) is 0.632. The standard InChI is InChI=1S/C13H14N2OS/c14-13(15)12-7-9-8(10-4-2-6-16-10)3-1-5-11(9)17-12/h1,3,5,7,10H,2,4,6H2,(H3,14,15). The van der Waals surface area contributed by atoms with Crippen LogP contribution >= 0.6 is 11.3 Å². The molecule has 0 spiro atoms. The summed E-state index contributed by atoms with van der Waals surface area (Å²) in [7, 11) is 0. The summed E-state index contributed by atoms with van der Waals surface area (Å²) in [4.78, 5) is 0.838. The first-order chi connectivity index (χ1) is 8.25. The molecule has 0 bridgehead atoms. The number of benzene rings is 1. The minimum atomic E-state index is 0.143. The van der Waals surface area contributed by atoms with E-state index in [4.69, 9.17) is 15.9 Å². The maximum Gasteiger partial charge on any atom is 0.133 e. The Kier molecular flexibility index (Phi) is 2.61. The minimum Gasteiger partial charge on any atom is -0.383 e. The second-order valence-corrected chi connectivity index (χ2v) is 5.37. The van der Waals surface area contributed by atoms with Gasteiger partial charge in [0.2, 0.25) is 0 Å². The molecule has 88 valence electrons. The van der Waals surface area contributed by atoms with Gasteiger partial charge in [0.1, 0.15) is 5.84 Å². The van der Waals surface area contributed by atoms with Crippen molar-refractivity contribution in [2.75, 3.05) is 6.61 Å². The van der Waals surface area contributed by atoms with Crippen molar-refractivity contribution < 1.29 is 4.74 Å². The summed E-state index contributed by atoms with van der Waals surface area (Å²) < 4.78 is 6.92. The highest BCUT2D eigenvalue weighted by Gasteiger charge is 2.20. The summed E-state index contributed by atoms with van der Waals surface area (Å²) in [5, 5.41) is 8.69. The molecule has 1 aromatic heterocycles. The van der Waals surface area contributed by atoms with Gasteiger partial charge in [-0.2, -0.15) is 0 Å². The van der Waals surface area contributed by atoms with Gasteiger partial charge < -0.3 is 10.5 Å². The van der Waals surface area contributed by atoms with Gasteiger partial charge in [-0.25, -0.2) is 0 Å². The molecule has 0 amide bonds. The van der Waals surface area contributed by atoms with Crippen LogP contribution in [-0.2, 0) is 4.74 Å². The van der Waals surface area contributed by atoms with Crippen molar-refractivity contribution in [2.45, 2.75) is 18.9 Å². The Morgan fingerprint density at radius 1 is 1.47 bits per heavy atom. The van der Waals surface area contributed by atoms with Gasteiger partial charge in [-0.1, -0.05) is 12.1 Å². The summed E-state index contributed by atoms with van der Waals surface area (Å²) in [6.45, 7) is 0.852. The van der Waals surface area contributed by atoms with Gasteiger partial charge in [0.05, 0.1) is 11.0 Å². The number of hydrogen-bond donors (Lipinski definition) is 2. The molecule has 3 nitrogen and oxygen atoms in total. The van der Waals surface area contributed by atoms with E-state index in [-0.39, 0.29) is 11.9 Å². The Morgan fingerprint density at radius 3 is 3.06 bits per heavy atom. The number of nitrogens with one attached hydrogen (secondary N) is 1. The lowest BCUT2D eigenvalue weighted by molar-refractivity contribution is 0.113. The van der Waals surface area contributed by atoms with Crippen molar-refractivity contribution in [3.8, 4) is 0 Å². The maximum absolute atomic E-state index is 7.50. The number of ether oxygens (including phenoxy) is 1. The third-order valence-corrected chi connectivity index (χ3v) is 4.27. The van der Waals surface area contributed by atoms with Crippen LogP contribution in [0.5, 0.6) is 0 Å². The Hall–Kier alpha value is -1.39. The second kappa shape index (κ2) is 4.13. The van der Waals surface area contributed by atoms with Crippen LogP contribution in [0.15, 0.2) is 24.3 Å². The van der Waals surface area contributed by atoms with Crippen molar-refractivity contribution in [1.82, 2.24) is 0 Å². The van der Waals surface area contributed by atoms with Crippen LogP contribution in [0, 0.1) is 5.41 Å². The third kappa shape index (κ3) is 1.83. The predicted octanol–water partition coefficient (Wildman–Crippen LogP) is 3.04. The van der Waals surface area contributed by atoms with Gasteiger partial charge >= 0.3 is 0 Å². The number of nitrogens with two attached hydrogens (primary N) is 1. The minimum absolute atomic E-state index is 0.143. The zero-order valence-corrected chi connectivity index (χ0v) is 10.2. The summed E-state index contributed by atoms with van der Waals surface area (Å²) in [6.07, 6.45) is 2.43. The number of thiophene rings is 1. The molecule has 4 heteroatoms. The Bertz CT molecular complexity index is 570. The smallest absolute Gasteiger partial charge is 0.133 e. The number of hydrogen-bond acceptors (Lipinski definition) is 3. The van der Waals surface area contributed by atoms with E-state index in [0.29, 0.717) is 0 Å². The first-order valence-corrected chi connectivity index (χ1v) is 6.56. The SMILES string of the molecule is N=C(N)c1cc2c(C3CCCO3)cccc2s1. The number of amidine groups is 1. The van der Waals surface area contributed by atoms with Gasteiger partial charge in [0.25, 0.3) is 0 Å². The fraction of sp³-hybridized carbons (Fsp3) is 0.308. The van der Waals surface area contributed by atoms with Crippen molar-refractivity contribution in [3.05, 3.63) is 34.7 Å². The Labute approximate surface area is 104 Å². The van der Waals surface area contributed by atoms with Crippen LogP contribution in [0.1, 0.15) is 29.4 Å². The second-order valence-electron chi connectivity index (χ2n) is 4.29. The zero-order valence-electron chi connectivity index (χ0n) is 9.40. The molecule has 1 aliphatic heterocycles. The molecule has 1 aromatic carbocycles. The maximum atomic E-state index is 7.50. The van der Waals surface area contributed by atoms with E-state index in [1.807, 2.05) is 6.07 Å². The Balaban J connectivity index is 2.14. The van der Waals surface area contributed by atoms with Gasteiger partial charge in [-0.15, -0.1) is 11.3 Å². The van der Waals surface area contributed by atoms with Crippen LogP contribution in [0.2, 0.25) is 0 Å². The molecule has 1 saturated heterocycles. The highest BCUT2D eigenvalue weighted by Crippen LogP contribution is 2.36. The average molecular weight is 246 g/mol. The summed E-state index contributed by atoms with van der Waals surface area (Å²) in [6, 6.07) is 8.26. The molecule has 1 atom stereocenters. The van der Waals surface area contributed by atoms with Crippen LogP contribution in [0.25, 0.3) is 10.1 Å². The van der Waals surface area contributed by atoms with E-state index in [1.54, 1.807) is 11.3 Å². The molecule has 1 unspecified atom stereocenters. The first-order valence-electron chi connectivity index (χ1n) is 5.74. The zero-order chi connectivity index (χ0) is 11.8. The molecule has 1 fully saturated rings. The summed E-state index contributed by atoms with van der Waals surface area (Å²) >= 11 is 1.57. The van der Waals surface area contributed by atoms with Gasteiger partial charge in [0, 0.05) is 11.3 Å². The Morgan fingerprint density at radius 2 is 2.35 bits per heavy atom. The number of rotatable bonds is 2. The van der Waals surface area contributed by atoms with Crippen molar-refractivity contribution in [2.24, 2.45) is 5.73 Å². The molecule has 17 heavy (non-hydrogen) atoms. The van der Waals surface area contributed by atoms with E-state index in [1.165, 1.54) is 15.6 Å².